The Morgan fingerprint density at radius 2 is 1.55 bits per heavy atom. The first-order valence-corrected chi connectivity index (χ1v) is 12.1. The van der Waals surface area contributed by atoms with Crippen LogP contribution in [0.25, 0.3) is 26.7 Å². The fourth-order valence-corrected chi connectivity index (χ4v) is 6.21. The summed E-state index contributed by atoms with van der Waals surface area (Å²) in [5.41, 5.74) is 1.76. The van der Waals surface area contributed by atoms with Gasteiger partial charge in [0.2, 0.25) is 4.96 Å². The number of hydrogen-bond donors (Lipinski definition) is 0. The van der Waals surface area contributed by atoms with Gasteiger partial charge in [-0.25, -0.2) is 13.2 Å². The van der Waals surface area contributed by atoms with Crippen LogP contribution in [0.3, 0.4) is 0 Å². The van der Waals surface area contributed by atoms with Crippen LogP contribution in [-0.2, 0) is 5.75 Å². The van der Waals surface area contributed by atoms with E-state index in [1.807, 2.05) is 0 Å². The maximum Gasteiger partial charge on any atom is 0.218 e. The van der Waals surface area contributed by atoms with Crippen LogP contribution in [0.2, 0.25) is 10.0 Å². The van der Waals surface area contributed by atoms with Gasteiger partial charge in [-0.05, 0) is 48.5 Å². The highest BCUT2D eigenvalue weighted by Gasteiger charge is 2.24. The van der Waals surface area contributed by atoms with Crippen LogP contribution in [0.1, 0.15) is 5.56 Å². The molecule has 10 heteroatoms. The number of thioether (sulfide) groups is 1. The zero-order valence-corrected chi connectivity index (χ0v) is 19.7. The lowest BCUT2D eigenvalue weighted by atomic mass is 10.1. The summed E-state index contributed by atoms with van der Waals surface area (Å²) in [5.74, 6) is -1.10. The number of aromatic nitrogens is 3. The van der Waals surface area contributed by atoms with Gasteiger partial charge >= 0.3 is 0 Å². The van der Waals surface area contributed by atoms with E-state index < -0.39 is 17.5 Å². The minimum absolute atomic E-state index is 0.209. The molecular weight excluding hydrogens is 510 g/mol. The highest BCUT2D eigenvalue weighted by molar-refractivity contribution is 7.98. The number of thiazole rings is 1. The molecule has 166 valence electrons. The molecule has 5 aromatic rings. The summed E-state index contributed by atoms with van der Waals surface area (Å²) in [4.78, 5) is 1.02. The number of nitrogens with zero attached hydrogens (tertiary/aromatic N) is 3. The zero-order chi connectivity index (χ0) is 23.1. The third-order valence-corrected chi connectivity index (χ3v) is 7.62. The lowest BCUT2D eigenvalue weighted by Crippen LogP contribution is -1.95. The number of hydrogen-bond acceptors (Lipinski definition) is 4. The van der Waals surface area contributed by atoms with Gasteiger partial charge in [0.05, 0.1) is 15.6 Å². The van der Waals surface area contributed by atoms with Crippen molar-refractivity contribution in [2.24, 2.45) is 0 Å². The number of fused-ring (bicyclic) bond motifs is 1. The molecule has 0 aliphatic carbocycles. The molecule has 0 aliphatic heterocycles. The van der Waals surface area contributed by atoms with Crippen molar-refractivity contribution in [2.75, 3.05) is 0 Å². The lowest BCUT2D eigenvalue weighted by molar-refractivity contribution is 0.617. The Morgan fingerprint density at radius 3 is 2.24 bits per heavy atom. The largest absolute Gasteiger partial charge is 0.260 e. The van der Waals surface area contributed by atoms with Crippen molar-refractivity contribution in [3.05, 3.63) is 93.7 Å². The van der Waals surface area contributed by atoms with Crippen LogP contribution in [0.5, 0.6) is 0 Å². The van der Waals surface area contributed by atoms with E-state index in [1.165, 1.54) is 59.5 Å². The summed E-state index contributed by atoms with van der Waals surface area (Å²) >= 11 is 15.0. The summed E-state index contributed by atoms with van der Waals surface area (Å²) < 4.78 is 44.5. The minimum atomic E-state index is -0.490. The Kier molecular flexibility index (Phi) is 6.09. The van der Waals surface area contributed by atoms with Gasteiger partial charge in [0.1, 0.15) is 17.5 Å². The fraction of sp³-hybridized carbons (Fsp3) is 0.0435. The van der Waals surface area contributed by atoms with E-state index >= 15 is 0 Å². The van der Waals surface area contributed by atoms with Crippen molar-refractivity contribution >= 4 is 51.3 Å². The first-order valence-electron chi connectivity index (χ1n) is 9.58. The van der Waals surface area contributed by atoms with Gasteiger partial charge in [-0.2, -0.15) is 0 Å². The second kappa shape index (κ2) is 9.02. The lowest BCUT2D eigenvalue weighted by Gasteiger charge is -2.10. The topological polar surface area (TPSA) is 30.2 Å². The molecule has 0 saturated heterocycles. The van der Waals surface area contributed by atoms with Crippen LogP contribution < -0.4 is 0 Å². The van der Waals surface area contributed by atoms with Crippen LogP contribution in [-0.4, -0.2) is 14.6 Å². The standard InChI is InChI=1S/C23H12Cl2F3N3S2/c24-15-3-1-5-17(27)14(15)11-32-22-29-30-23-31(22)20(12-7-9-13(26)10-8-12)21(33-23)19-16(25)4-2-6-18(19)28/h1-10H,11H2. The molecule has 0 atom stereocenters. The van der Waals surface area contributed by atoms with E-state index in [4.69, 9.17) is 23.2 Å². The number of halogens is 5. The molecule has 5 rings (SSSR count). The van der Waals surface area contributed by atoms with Gasteiger partial charge in [0, 0.05) is 27.5 Å². The summed E-state index contributed by atoms with van der Waals surface area (Å²) in [5, 5.41) is 9.47. The maximum atomic E-state index is 14.8. The maximum absolute atomic E-state index is 14.8. The molecule has 0 N–H and O–H groups in total. The third kappa shape index (κ3) is 4.12. The summed E-state index contributed by atoms with van der Waals surface area (Å²) in [6.45, 7) is 0. The molecule has 3 nitrogen and oxygen atoms in total. The first-order chi connectivity index (χ1) is 15.9. The molecule has 0 saturated carbocycles. The Morgan fingerprint density at radius 1 is 0.848 bits per heavy atom. The molecule has 2 aromatic heterocycles. The van der Waals surface area contributed by atoms with Gasteiger partial charge in [-0.3, -0.25) is 4.40 Å². The van der Waals surface area contributed by atoms with Crippen molar-refractivity contribution in [3.8, 4) is 21.7 Å². The summed E-state index contributed by atoms with van der Waals surface area (Å²) in [6, 6.07) is 14.8. The molecule has 0 aliphatic rings. The predicted molar refractivity (Wildman–Crippen MR) is 128 cm³/mol. The van der Waals surface area contributed by atoms with Gasteiger partial charge in [0.25, 0.3) is 0 Å². The van der Waals surface area contributed by atoms with Gasteiger partial charge < -0.3 is 0 Å². The smallest absolute Gasteiger partial charge is 0.218 e. The summed E-state index contributed by atoms with van der Waals surface area (Å²) in [7, 11) is 0. The predicted octanol–water partition coefficient (Wildman–Crippen LogP) is 8.14. The molecule has 0 spiro atoms. The molecule has 0 amide bonds. The van der Waals surface area contributed by atoms with E-state index in [9.17, 15) is 13.2 Å². The van der Waals surface area contributed by atoms with Crippen LogP contribution in [0.4, 0.5) is 13.2 Å². The van der Waals surface area contributed by atoms with E-state index in [1.54, 1.807) is 28.7 Å². The molecule has 0 unspecified atom stereocenters. The van der Waals surface area contributed by atoms with Crippen molar-refractivity contribution in [1.82, 2.24) is 14.6 Å². The zero-order valence-electron chi connectivity index (χ0n) is 16.5. The van der Waals surface area contributed by atoms with E-state index in [0.29, 0.717) is 36.8 Å². The van der Waals surface area contributed by atoms with Gasteiger partial charge in [-0.1, -0.05) is 58.4 Å². The molecule has 33 heavy (non-hydrogen) atoms. The number of rotatable bonds is 5. The van der Waals surface area contributed by atoms with Crippen molar-refractivity contribution in [1.29, 1.82) is 0 Å². The highest BCUT2D eigenvalue weighted by Crippen LogP contribution is 2.44. The van der Waals surface area contributed by atoms with Crippen LogP contribution in [0.15, 0.2) is 65.8 Å². The van der Waals surface area contributed by atoms with Crippen molar-refractivity contribution in [3.63, 3.8) is 0 Å². The van der Waals surface area contributed by atoms with Gasteiger partial charge in [0.15, 0.2) is 5.16 Å². The quantitative estimate of drug-likeness (QED) is 0.218. The average Bonchev–Trinajstić information content (AvgIpc) is 3.34. The third-order valence-electron chi connectivity index (χ3n) is 4.95. The molecular formula is C23H12Cl2F3N3S2. The Hall–Kier alpha value is -2.52. The van der Waals surface area contributed by atoms with E-state index in [0.717, 1.165) is 0 Å². The first kappa shape index (κ1) is 22.3. The molecule has 2 heterocycles. The van der Waals surface area contributed by atoms with Gasteiger partial charge in [-0.15, -0.1) is 10.2 Å². The van der Waals surface area contributed by atoms with E-state index in [2.05, 4.69) is 10.2 Å². The molecule has 3 aromatic carbocycles. The molecule has 0 fully saturated rings. The highest BCUT2D eigenvalue weighted by atomic mass is 35.5. The Balaban J connectivity index is 1.69. The second-order valence-corrected chi connectivity index (χ2v) is 9.71. The van der Waals surface area contributed by atoms with E-state index in [-0.39, 0.29) is 16.3 Å². The minimum Gasteiger partial charge on any atom is -0.260 e. The molecule has 0 bridgehead atoms. The Labute approximate surface area is 204 Å². The van der Waals surface area contributed by atoms with Crippen LogP contribution >= 0.6 is 46.3 Å². The average molecular weight is 522 g/mol. The monoisotopic (exact) mass is 521 g/mol. The summed E-state index contributed by atoms with van der Waals surface area (Å²) in [6.07, 6.45) is 0. The normalized spacial score (nSPS) is 11.4. The SMILES string of the molecule is Fc1ccc(-c2c(-c3c(F)cccc3Cl)sc3nnc(SCc4c(F)cccc4Cl)n23)cc1. The second-order valence-electron chi connectivity index (χ2n) is 6.97. The van der Waals surface area contributed by atoms with Crippen LogP contribution in [0, 0.1) is 17.5 Å². The molecule has 0 radical (unpaired) electrons. The fourth-order valence-electron chi connectivity index (χ4n) is 3.41. The van der Waals surface area contributed by atoms with Crippen molar-refractivity contribution < 1.29 is 13.2 Å². The number of benzene rings is 3. The Bertz CT molecular complexity index is 1440. The van der Waals surface area contributed by atoms with Crippen molar-refractivity contribution in [2.45, 2.75) is 10.9 Å².